The van der Waals surface area contributed by atoms with Gasteiger partial charge >= 0.3 is 218 Å². The van der Waals surface area contributed by atoms with Crippen LogP contribution in [0.4, 0.5) is 0 Å². The Morgan fingerprint density at radius 2 is 1.24 bits per heavy atom. The third-order valence-electron chi connectivity index (χ3n) is 8.06. The predicted octanol–water partition coefficient (Wildman–Crippen LogP) is 10.1. The fraction of sp³-hybridized carbons (Fsp3) is 0.467. The van der Waals surface area contributed by atoms with Crippen LogP contribution in [0.5, 0.6) is 0 Å². The van der Waals surface area contributed by atoms with Crippen molar-refractivity contribution in [3.8, 4) is 0 Å². The van der Waals surface area contributed by atoms with Crippen LogP contribution >= 0.6 is 17.2 Å². The second-order valence-corrected chi connectivity index (χ2v) is 61.1. The molecule has 2 unspecified atom stereocenters. The molecule has 0 bridgehead atoms. The van der Waals surface area contributed by atoms with Crippen molar-refractivity contribution in [2.24, 2.45) is 0 Å². The molecule has 2 aromatic carbocycles. The zero-order chi connectivity index (χ0) is 24.9. The average molecular weight is 678 g/mol. The van der Waals surface area contributed by atoms with Crippen LogP contribution in [0.3, 0.4) is 0 Å². The van der Waals surface area contributed by atoms with E-state index in [1.54, 1.807) is 0 Å². The van der Waals surface area contributed by atoms with Crippen LogP contribution < -0.4 is 0 Å². The number of rotatable bonds is 7. The second-order valence-electron chi connectivity index (χ2n) is 11.2. The zero-order valence-corrected chi connectivity index (χ0v) is 28.1. The van der Waals surface area contributed by atoms with E-state index in [0.29, 0.717) is 11.8 Å². The first-order chi connectivity index (χ1) is 16.0. The van der Waals surface area contributed by atoms with Gasteiger partial charge in [-0.2, -0.15) is 0 Å². The van der Waals surface area contributed by atoms with Crippen molar-refractivity contribution in [1.82, 2.24) is 0 Å². The van der Waals surface area contributed by atoms with Crippen molar-refractivity contribution in [3.63, 3.8) is 0 Å². The Bertz CT molecular complexity index is 1160. The quantitative estimate of drug-likeness (QED) is 0.202. The summed E-state index contributed by atoms with van der Waals surface area (Å²) in [5, 5.41) is 0. The molecule has 2 aliphatic carbocycles. The summed E-state index contributed by atoms with van der Waals surface area (Å²) in [4.78, 5) is 0. The van der Waals surface area contributed by atoms with Gasteiger partial charge in [-0.15, -0.1) is 0 Å². The SMILES string of the molecule is CCCC[SiH]=[Hf]([Cl])([Cl])([CH]1C(C)=Cc2c(C(C)C)cccc21)[CH]1C(C)=Cc2c(C(C)C)cccc21. The fourth-order valence-electron chi connectivity index (χ4n) is 6.61. The van der Waals surface area contributed by atoms with Crippen molar-refractivity contribution in [2.45, 2.75) is 86.5 Å². The third kappa shape index (κ3) is 4.33. The van der Waals surface area contributed by atoms with Crippen LogP contribution in [0.15, 0.2) is 47.5 Å². The van der Waals surface area contributed by atoms with Crippen LogP contribution in [-0.4, -0.2) is 6.22 Å². The van der Waals surface area contributed by atoms with E-state index in [-0.39, 0.29) is 13.6 Å². The fourth-order valence-corrected chi connectivity index (χ4v) is 57.7. The van der Waals surface area contributed by atoms with Gasteiger partial charge in [0.25, 0.3) is 0 Å². The van der Waals surface area contributed by atoms with Crippen LogP contribution in [-0.2, 0) is 14.8 Å². The van der Waals surface area contributed by atoms with Gasteiger partial charge in [-0.25, -0.2) is 0 Å². The first-order valence-corrected chi connectivity index (χ1v) is 33.7. The zero-order valence-electron chi connectivity index (χ0n) is 21.9. The van der Waals surface area contributed by atoms with E-state index in [2.05, 4.69) is 97.0 Å². The standard InChI is InChI=1S/2C13H15.C4H10Si.2ClH.Hf/c2*1-9(2)12-6-4-5-11-7-10(3)8-13(11)12;1-2-3-4-5;;;/h2*4-9H,1-3H3;5H,2-4H2,1H3;2*1H;/q;;;;;+2/p-2. The van der Waals surface area contributed by atoms with E-state index in [1.807, 2.05) is 0 Å². The molecule has 0 amide bonds. The van der Waals surface area contributed by atoms with Crippen LogP contribution in [0.1, 0.15) is 114 Å². The summed E-state index contributed by atoms with van der Waals surface area (Å²) >= 11 is -4.64. The Hall–Kier alpha value is -0.413. The molecule has 0 heterocycles. The van der Waals surface area contributed by atoms with Gasteiger partial charge in [0.15, 0.2) is 0 Å². The van der Waals surface area contributed by atoms with Crippen molar-refractivity contribution >= 4 is 35.5 Å². The second kappa shape index (κ2) is 9.80. The van der Waals surface area contributed by atoms with Gasteiger partial charge in [0.05, 0.1) is 0 Å². The molecule has 0 fully saturated rings. The van der Waals surface area contributed by atoms with Gasteiger partial charge in [0.1, 0.15) is 0 Å². The summed E-state index contributed by atoms with van der Waals surface area (Å²) in [6.07, 6.45) is 7.27. The van der Waals surface area contributed by atoms with Crippen LogP contribution in [0.2, 0.25) is 6.04 Å². The van der Waals surface area contributed by atoms with Gasteiger partial charge in [-0.1, -0.05) is 0 Å². The van der Waals surface area contributed by atoms with Gasteiger partial charge in [0.2, 0.25) is 0 Å². The molecule has 0 N–H and O–H groups in total. The molecule has 0 aliphatic heterocycles. The van der Waals surface area contributed by atoms with E-state index in [0.717, 1.165) is 0 Å². The monoisotopic (exact) mass is 678 g/mol. The molecule has 0 saturated heterocycles. The Kier molecular flexibility index (Phi) is 7.68. The number of fused-ring (bicyclic) bond motifs is 2. The molecule has 4 rings (SSSR count). The van der Waals surface area contributed by atoms with E-state index >= 15 is 0 Å². The minimum atomic E-state index is -4.64. The molecule has 0 radical (unpaired) electrons. The maximum absolute atomic E-state index is 8.29. The van der Waals surface area contributed by atoms with Gasteiger partial charge in [0, 0.05) is 0 Å². The Morgan fingerprint density at radius 3 is 1.62 bits per heavy atom. The minimum absolute atomic E-state index is 0.0118. The van der Waals surface area contributed by atoms with E-state index in [9.17, 15) is 0 Å². The van der Waals surface area contributed by atoms with Crippen molar-refractivity contribution < 1.29 is 14.8 Å². The summed E-state index contributed by atoms with van der Waals surface area (Å²) in [6.45, 7) is 16.0. The number of hydrogen-bond donors (Lipinski definition) is 0. The summed E-state index contributed by atoms with van der Waals surface area (Å²) in [6, 6.07) is 14.9. The number of hydrogen-bond acceptors (Lipinski definition) is 0. The molecule has 0 saturated carbocycles. The van der Waals surface area contributed by atoms with E-state index < -0.39 is 14.8 Å². The number of halogens is 2. The molecule has 4 heteroatoms. The summed E-state index contributed by atoms with van der Waals surface area (Å²) in [5.74, 6) is 0.972. The van der Waals surface area contributed by atoms with Gasteiger partial charge in [-0.05, 0) is 0 Å². The molecule has 182 valence electrons. The molecule has 0 aromatic heterocycles. The molecule has 34 heavy (non-hydrogen) atoms. The molecule has 2 aromatic rings. The first kappa shape index (κ1) is 26.6. The number of benzene rings is 2. The third-order valence-corrected chi connectivity index (χ3v) is 54.7. The Labute approximate surface area is 216 Å². The van der Waals surface area contributed by atoms with Crippen molar-refractivity contribution in [2.75, 3.05) is 0 Å². The summed E-state index contributed by atoms with van der Waals surface area (Å²) in [5.41, 5.74) is 11.3. The van der Waals surface area contributed by atoms with Crippen molar-refractivity contribution in [3.05, 3.63) is 80.9 Å². The van der Waals surface area contributed by atoms with E-state index in [4.69, 9.17) is 17.2 Å². The summed E-state index contributed by atoms with van der Waals surface area (Å²) < 4.78 is 0.422. The average Bonchev–Trinajstić information content (AvgIpc) is 3.29. The van der Waals surface area contributed by atoms with Crippen LogP contribution in [0, 0.1) is 0 Å². The normalized spacial score (nSPS) is 19.9. The Balaban J connectivity index is 2.00. The topological polar surface area (TPSA) is 0 Å². The van der Waals surface area contributed by atoms with Crippen molar-refractivity contribution in [1.29, 1.82) is 0 Å². The molecular formula is C30H40Cl2HfSi. The summed E-state index contributed by atoms with van der Waals surface area (Å²) in [7, 11) is 16.6. The molecular weight excluding hydrogens is 638 g/mol. The molecule has 0 nitrogen and oxygen atoms in total. The first-order valence-electron chi connectivity index (χ1n) is 13.0. The van der Waals surface area contributed by atoms with Gasteiger partial charge < -0.3 is 0 Å². The number of allylic oxidation sites excluding steroid dienone is 2. The maximum atomic E-state index is 8.29. The predicted molar refractivity (Wildman–Crippen MR) is 152 cm³/mol. The Morgan fingerprint density at radius 1 is 0.794 bits per heavy atom. The molecule has 2 atom stereocenters. The van der Waals surface area contributed by atoms with Gasteiger partial charge in [-0.3, -0.25) is 0 Å². The molecule has 2 aliphatic rings. The molecule has 0 spiro atoms. The van der Waals surface area contributed by atoms with Crippen LogP contribution in [0.25, 0.3) is 12.2 Å². The number of unbranched alkanes of at least 4 members (excludes halogenated alkanes) is 1. The van der Waals surface area contributed by atoms with E-state index in [1.165, 1.54) is 63.4 Å².